The van der Waals surface area contributed by atoms with Crippen LogP contribution in [0.2, 0.25) is 0 Å². The topological polar surface area (TPSA) is 26.3 Å². The van der Waals surface area contributed by atoms with Crippen molar-refractivity contribution in [3.8, 4) is 0 Å². The number of hydrogen-bond donors (Lipinski definition) is 0. The van der Waals surface area contributed by atoms with Crippen LogP contribution < -0.4 is 0 Å². The van der Waals surface area contributed by atoms with Gasteiger partial charge in [-0.3, -0.25) is 0 Å². The van der Waals surface area contributed by atoms with Crippen LogP contribution in [-0.2, 0) is 4.74 Å². The van der Waals surface area contributed by atoms with E-state index in [-0.39, 0.29) is 5.30 Å². The highest BCUT2D eigenvalue weighted by atomic mass is 32.2. The Morgan fingerprint density at radius 2 is 2.44 bits per heavy atom. The Morgan fingerprint density at radius 3 is 2.89 bits per heavy atom. The molecule has 0 saturated carbocycles. The largest absolute Gasteiger partial charge is 0.458 e. The van der Waals surface area contributed by atoms with E-state index in [1.165, 1.54) is 0 Å². The highest BCUT2D eigenvalue weighted by Crippen LogP contribution is 1.99. The molecule has 0 heterocycles. The Labute approximate surface area is 60.0 Å². The molecule has 0 aromatic heterocycles. The summed E-state index contributed by atoms with van der Waals surface area (Å²) in [6, 6.07) is 0. The van der Waals surface area contributed by atoms with Crippen LogP contribution in [0.1, 0.15) is 12.8 Å². The number of rotatable bonds is 3. The SMILES string of the molecule is [CH2]CCCOC(=O)SC. The smallest absolute Gasteiger partial charge is 0.367 e. The molecule has 0 bridgehead atoms. The van der Waals surface area contributed by atoms with Gasteiger partial charge >= 0.3 is 5.30 Å². The van der Waals surface area contributed by atoms with E-state index in [0.717, 1.165) is 24.6 Å². The minimum atomic E-state index is -0.205. The third kappa shape index (κ3) is 5.69. The number of carbonyl (C=O) groups excluding carboxylic acids is 1. The average Bonchev–Trinajstić information content (AvgIpc) is 1.89. The number of hydrogen-bond acceptors (Lipinski definition) is 3. The minimum Gasteiger partial charge on any atom is -0.458 e. The second-order valence-corrected chi connectivity index (χ2v) is 2.25. The maximum atomic E-state index is 10.4. The van der Waals surface area contributed by atoms with Crippen LogP contribution in [-0.4, -0.2) is 18.2 Å². The summed E-state index contributed by atoms with van der Waals surface area (Å²) in [4.78, 5) is 10.4. The van der Waals surface area contributed by atoms with Gasteiger partial charge in [-0.25, -0.2) is 4.79 Å². The van der Waals surface area contributed by atoms with Gasteiger partial charge in [-0.15, -0.1) is 0 Å². The molecule has 53 valence electrons. The first-order chi connectivity index (χ1) is 4.31. The lowest BCUT2D eigenvalue weighted by molar-refractivity contribution is 0.174. The molecule has 1 radical (unpaired) electrons. The molecule has 0 aromatic rings. The molecule has 0 aliphatic carbocycles. The van der Waals surface area contributed by atoms with Crippen molar-refractivity contribution in [2.24, 2.45) is 0 Å². The molecule has 0 atom stereocenters. The molecule has 0 N–H and O–H groups in total. The molecular weight excluding hydrogens is 136 g/mol. The summed E-state index contributed by atoms with van der Waals surface area (Å²) < 4.78 is 4.72. The van der Waals surface area contributed by atoms with Crippen LogP contribution in [0.4, 0.5) is 4.79 Å². The normalized spacial score (nSPS) is 9.11. The first-order valence-corrected chi connectivity index (χ1v) is 4.03. The Morgan fingerprint density at radius 1 is 1.78 bits per heavy atom. The fourth-order valence-electron chi connectivity index (χ4n) is 0.316. The summed E-state index contributed by atoms with van der Waals surface area (Å²) in [6.07, 6.45) is 3.38. The van der Waals surface area contributed by atoms with Crippen LogP contribution in [0.5, 0.6) is 0 Å². The average molecular weight is 147 g/mol. The van der Waals surface area contributed by atoms with E-state index in [4.69, 9.17) is 4.74 Å². The lowest BCUT2D eigenvalue weighted by Gasteiger charge is -1.98. The van der Waals surface area contributed by atoms with E-state index in [1.807, 2.05) is 0 Å². The summed E-state index contributed by atoms with van der Waals surface area (Å²) in [5.74, 6) is 0. The van der Waals surface area contributed by atoms with Crippen LogP contribution in [0.15, 0.2) is 0 Å². The third-order valence-electron chi connectivity index (χ3n) is 0.781. The van der Waals surface area contributed by atoms with E-state index in [0.29, 0.717) is 6.61 Å². The summed E-state index contributed by atoms with van der Waals surface area (Å²) >= 11 is 1.09. The summed E-state index contributed by atoms with van der Waals surface area (Å²) in [7, 11) is 0. The van der Waals surface area contributed by atoms with Gasteiger partial charge in [-0.1, -0.05) is 13.3 Å². The van der Waals surface area contributed by atoms with Gasteiger partial charge in [-0.05, 0) is 24.4 Å². The molecule has 0 aliphatic rings. The highest BCUT2D eigenvalue weighted by molar-refractivity contribution is 8.12. The van der Waals surface area contributed by atoms with E-state index < -0.39 is 0 Å². The zero-order valence-corrected chi connectivity index (χ0v) is 6.37. The van der Waals surface area contributed by atoms with Gasteiger partial charge in [0.2, 0.25) is 0 Å². The Balaban J connectivity index is 2.97. The molecule has 0 rings (SSSR count). The summed E-state index contributed by atoms with van der Waals surface area (Å²) in [5.41, 5.74) is 0. The molecule has 3 heteroatoms. The second kappa shape index (κ2) is 5.95. The number of carbonyl (C=O) groups is 1. The van der Waals surface area contributed by atoms with Gasteiger partial charge in [0.1, 0.15) is 0 Å². The lowest BCUT2D eigenvalue weighted by Crippen LogP contribution is -1.97. The molecule has 0 amide bonds. The molecule has 0 fully saturated rings. The van der Waals surface area contributed by atoms with Gasteiger partial charge < -0.3 is 4.74 Å². The van der Waals surface area contributed by atoms with E-state index in [2.05, 4.69) is 6.92 Å². The fourth-order valence-corrected chi connectivity index (χ4v) is 0.518. The van der Waals surface area contributed by atoms with Gasteiger partial charge in [0.05, 0.1) is 6.61 Å². The van der Waals surface area contributed by atoms with Gasteiger partial charge in [0, 0.05) is 0 Å². The van der Waals surface area contributed by atoms with E-state index in [1.54, 1.807) is 6.26 Å². The van der Waals surface area contributed by atoms with E-state index in [9.17, 15) is 4.79 Å². The van der Waals surface area contributed by atoms with Crippen LogP contribution in [0, 0.1) is 6.92 Å². The predicted octanol–water partition coefficient (Wildman–Crippen LogP) is 2.10. The molecular formula is C6H11O2S. The van der Waals surface area contributed by atoms with Crippen molar-refractivity contribution in [2.75, 3.05) is 12.9 Å². The van der Waals surface area contributed by atoms with Crippen molar-refractivity contribution in [1.82, 2.24) is 0 Å². The van der Waals surface area contributed by atoms with Crippen LogP contribution >= 0.6 is 11.8 Å². The van der Waals surface area contributed by atoms with Gasteiger partial charge in [0.15, 0.2) is 0 Å². The molecule has 0 unspecified atom stereocenters. The monoisotopic (exact) mass is 147 g/mol. The minimum absolute atomic E-state index is 0.205. The maximum Gasteiger partial charge on any atom is 0.367 e. The van der Waals surface area contributed by atoms with Gasteiger partial charge in [0.25, 0.3) is 0 Å². The lowest BCUT2D eigenvalue weighted by atomic mass is 10.4. The summed E-state index contributed by atoms with van der Waals surface area (Å²) in [6.45, 7) is 4.11. The fraction of sp³-hybridized carbons (Fsp3) is 0.667. The van der Waals surface area contributed by atoms with Crippen molar-refractivity contribution in [3.63, 3.8) is 0 Å². The molecule has 2 nitrogen and oxygen atoms in total. The Hall–Kier alpha value is -0.180. The maximum absolute atomic E-state index is 10.4. The second-order valence-electron chi connectivity index (χ2n) is 1.51. The number of thioether (sulfide) groups is 1. The van der Waals surface area contributed by atoms with Crippen molar-refractivity contribution in [2.45, 2.75) is 12.8 Å². The third-order valence-corrected chi connectivity index (χ3v) is 1.23. The van der Waals surface area contributed by atoms with Crippen molar-refractivity contribution >= 4 is 17.1 Å². The standard InChI is InChI=1S/C6H11O2S/c1-3-4-5-8-6(7)9-2/h1,3-5H2,2H3. The van der Waals surface area contributed by atoms with Crippen LogP contribution in [0.3, 0.4) is 0 Å². The Kier molecular flexibility index (Phi) is 5.83. The first-order valence-electron chi connectivity index (χ1n) is 2.81. The number of ether oxygens (including phenoxy) is 1. The van der Waals surface area contributed by atoms with Crippen molar-refractivity contribution < 1.29 is 9.53 Å². The highest BCUT2D eigenvalue weighted by Gasteiger charge is 1.95. The summed E-state index contributed by atoms with van der Waals surface area (Å²) in [5, 5.41) is -0.205. The number of unbranched alkanes of at least 4 members (excludes halogenated alkanes) is 1. The molecule has 0 aromatic carbocycles. The van der Waals surface area contributed by atoms with E-state index >= 15 is 0 Å². The first kappa shape index (κ1) is 8.82. The predicted molar refractivity (Wildman–Crippen MR) is 39.5 cm³/mol. The quantitative estimate of drug-likeness (QED) is 0.451. The van der Waals surface area contributed by atoms with Crippen LogP contribution in [0.25, 0.3) is 0 Å². The zero-order chi connectivity index (χ0) is 7.11. The molecule has 0 saturated heterocycles. The zero-order valence-electron chi connectivity index (χ0n) is 5.55. The van der Waals surface area contributed by atoms with Gasteiger partial charge in [-0.2, -0.15) is 0 Å². The molecule has 0 spiro atoms. The molecule has 0 aliphatic heterocycles. The van der Waals surface area contributed by atoms with Crippen molar-refractivity contribution in [1.29, 1.82) is 0 Å². The Bertz CT molecular complexity index is 83.1. The molecule has 9 heavy (non-hydrogen) atoms. The van der Waals surface area contributed by atoms with Crippen molar-refractivity contribution in [3.05, 3.63) is 6.92 Å².